The van der Waals surface area contributed by atoms with Crippen LogP contribution in [0.5, 0.6) is 5.75 Å². The zero-order chi connectivity index (χ0) is 17.6. The van der Waals surface area contributed by atoms with E-state index >= 15 is 0 Å². The molecule has 132 valence electrons. The van der Waals surface area contributed by atoms with Gasteiger partial charge in [0, 0.05) is 30.3 Å². The number of ether oxygens (including phenoxy) is 1. The number of fused-ring (bicyclic) bond motifs is 1. The first-order chi connectivity index (χ1) is 12.1. The lowest BCUT2D eigenvalue weighted by molar-refractivity contribution is 0.304. The maximum absolute atomic E-state index is 11.5. The van der Waals surface area contributed by atoms with E-state index in [-0.39, 0.29) is 5.63 Å². The minimum absolute atomic E-state index is 0.324. The summed E-state index contributed by atoms with van der Waals surface area (Å²) in [5.41, 5.74) is 2.24. The van der Waals surface area contributed by atoms with Crippen molar-refractivity contribution in [2.24, 2.45) is 0 Å². The quantitative estimate of drug-likeness (QED) is 0.454. The normalized spacial score (nSPS) is 11.1. The highest BCUT2D eigenvalue weighted by Crippen LogP contribution is 2.22. The minimum atomic E-state index is -0.324. The maximum Gasteiger partial charge on any atom is 0.336 e. The molecular formula is C20H24N2O3. The van der Waals surface area contributed by atoms with E-state index in [2.05, 4.69) is 15.7 Å². The van der Waals surface area contributed by atoms with Crippen LogP contribution < -0.4 is 10.4 Å². The van der Waals surface area contributed by atoms with Crippen LogP contribution >= 0.6 is 0 Å². The second-order valence-electron chi connectivity index (χ2n) is 6.42. The average molecular weight is 340 g/mol. The molecule has 0 saturated heterocycles. The molecule has 0 fully saturated rings. The largest absolute Gasteiger partial charge is 0.493 e. The summed E-state index contributed by atoms with van der Waals surface area (Å²) in [4.78, 5) is 15.7. The Labute approximate surface area is 147 Å². The predicted molar refractivity (Wildman–Crippen MR) is 98.1 cm³/mol. The molecule has 3 rings (SSSR count). The fourth-order valence-corrected chi connectivity index (χ4v) is 2.93. The van der Waals surface area contributed by atoms with Gasteiger partial charge in [0.1, 0.15) is 11.3 Å². The van der Waals surface area contributed by atoms with Gasteiger partial charge in [-0.25, -0.2) is 9.78 Å². The number of hydrogen-bond donors (Lipinski definition) is 0. The first-order valence-corrected chi connectivity index (χ1v) is 8.77. The van der Waals surface area contributed by atoms with Crippen LogP contribution in [0.15, 0.2) is 46.0 Å². The molecule has 0 saturated carbocycles. The second-order valence-corrected chi connectivity index (χ2v) is 6.42. The van der Waals surface area contributed by atoms with Crippen LogP contribution in [-0.4, -0.2) is 16.2 Å². The Morgan fingerprint density at radius 2 is 1.96 bits per heavy atom. The number of aryl methyl sites for hydroxylation is 3. The van der Waals surface area contributed by atoms with Gasteiger partial charge in [-0.2, -0.15) is 0 Å². The molecule has 0 bridgehead atoms. The number of aromatic nitrogens is 2. The Hall–Kier alpha value is -2.56. The van der Waals surface area contributed by atoms with Crippen molar-refractivity contribution >= 4 is 11.0 Å². The molecule has 2 aromatic heterocycles. The molecule has 3 aromatic rings. The van der Waals surface area contributed by atoms with Gasteiger partial charge in [0.15, 0.2) is 0 Å². The first-order valence-electron chi connectivity index (χ1n) is 8.77. The molecule has 1 aromatic carbocycles. The van der Waals surface area contributed by atoms with Gasteiger partial charge >= 0.3 is 5.63 Å². The Balaban J connectivity index is 1.40. The van der Waals surface area contributed by atoms with E-state index in [0.29, 0.717) is 12.2 Å². The summed E-state index contributed by atoms with van der Waals surface area (Å²) in [7, 11) is 0. The van der Waals surface area contributed by atoms with Crippen molar-refractivity contribution in [2.45, 2.75) is 46.1 Å². The lowest BCUT2D eigenvalue weighted by atomic mass is 10.1. The second kappa shape index (κ2) is 8.01. The van der Waals surface area contributed by atoms with Crippen LogP contribution in [0, 0.1) is 13.8 Å². The van der Waals surface area contributed by atoms with Crippen molar-refractivity contribution in [3.63, 3.8) is 0 Å². The summed E-state index contributed by atoms with van der Waals surface area (Å²) in [5, 5.41) is 0.946. The number of nitrogens with zero attached hydrogens (tertiary/aromatic N) is 2. The topological polar surface area (TPSA) is 57.3 Å². The van der Waals surface area contributed by atoms with Gasteiger partial charge in [-0.15, -0.1) is 0 Å². The highest BCUT2D eigenvalue weighted by molar-refractivity contribution is 5.81. The monoisotopic (exact) mass is 340 g/mol. The molecule has 0 radical (unpaired) electrons. The molecular weight excluding hydrogens is 316 g/mol. The molecule has 0 aliphatic heterocycles. The van der Waals surface area contributed by atoms with Crippen molar-refractivity contribution in [3.8, 4) is 5.75 Å². The van der Waals surface area contributed by atoms with E-state index < -0.39 is 0 Å². The molecule has 2 heterocycles. The lowest BCUT2D eigenvalue weighted by Crippen LogP contribution is -2.00. The molecule has 25 heavy (non-hydrogen) atoms. The number of imidazole rings is 1. The Bertz CT molecular complexity index is 895. The van der Waals surface area contributed by atoms with E-state index in [4.69, 9.17) is 9.15 Å². The fourth-order valence-electron chi connectivity index (χ4n) is 2.93. The highest BCUT2D eigenvalue weighted by atomic mass is 16.5. The Kier molecular flexibility index (Phi) is 5.53. The molecule has 0 aliphatic rings. The smallest absolute Gasteiger partial charge is 0.336 e. The summed E-state index contributed by atoms with van der Waals surface area (Å²) >= 11 is 0. The molecule has 0 amide bonds. The van der Waals surface area contributed by atoms with Crippen LogP contribution in [0.4, 0.5) is 0 Å². The van der Waals surface area contributed by atoms with Crippen LogP contribution in [-0.2, 0) is 6.54 Å². The molecule has 0 spiro atoms. The van der Waals surface area contributed by atoms with Crippen molar-refractivity contribution in [1.29, 1.82) is 0 Å². The van der Waals surface area contributed by atoms with Gasteiger partial charge in [0.2, 0.25) is 0 Å². The van der Waals surface area contributed by atoms with Crippen LogP contribution in [0.25, 0.3) is 11.0 Å². The van der Waals surface area contributed by atoms with Crippen LogP contribution in [0.2, 0.25) is 0 Å². The van der Waals surface area contributed by atoms with Gasteiger partial charge < -0.3 is 13.7 Å². The van der Waals surface area contributed by atoms with Gasteiger partial charge in [-0.1, -0.05) is 12.8 Å². The summed E-state index contributed by atoms with van der Waals surface area (Å²) in [5.74, 6) is 0.746. The SMILES string of the molecule is Cc1cn(CCCCCCOc2ccc3c(C)cc(=O)oc3c2)cn1. The number of benzene rings is 1. The van der Waals surface area contributed by atoms with E-state index in [0.717, 1.165) is 48.2 Å². The molecule has 0 aliphatic carbocycles. The van der Waals surface area contributed by atoms with E-state index in [9.17, 15) is 4.79 Å². The standard InChI is InChI=1S/C20H24N2O3/c1-15-11-20(23)25-19-12-17(7-8-18(15)19)24-10-6-4-3-5-9-22-13-16(2)21-14-22/h7-8,11-14H,3-6,9-10H2,1-2H3. The minimum Gasteiger partial charge on any atom is -0.493 e. The zero-order valence-corrected chi connectivity index (χ0v) is 14.8. The third kappa shape index (κ3) is 4.72. The van der Waals surface area contributed by atoms with E-state index in [1.165, 1.54) is 12.5 Å². The van der Waals surface area contributed by atoms with Crippen molar-refractivity contribution in [3.05, 3.63) is 58.5 Å². The van der Waals surface area contributed by atoms with E-state index in [1.807, 2.05) is 32.3 Å². The highest BCUT2D eigenvalue weighted by Gasteiger charge is 2.04. The zero-order valence-electron chi connectivity index (χ0n) is 14.8. The average Bonchev–Trinajstić information content (AvgIpc) is 2.99. The fraction of sp³-hybridized carbons (Fsp3) is 0.400. The Morgan fingerprint density at radius 1 is 1.12 bits per heavy atom. The third-order valence-corrected chi connectivity index (χ3v) is 4.26. The van der Waals surface area contributed by atoms with Gasteiger partial charge in [0.05, 0.1) is 18.6 Å². The summed E-state index contributed by atoms with van der Waals surface area (Å²) in [6, 6.07) is 7.17. The van der Waals surface area contributed by atoms with Crippen molar-refractivity contribution < 1.29 is 9.15 Å². The summed E-state index contributed by atoms with van der Waals surface area (Å²) in [6.07, 6.45) is 8.43. The summed E-state index contributed by atoms with van der Waals surface area (Å²) < 4.78 is 13.2. The molecule has 0 N–H and O–H groups in total. The maximum atomic E-state index is 11.5. The van der Waals surface area contributed by atoms with Crippen LogP contribution in [0.1, 0.15) is 36.9 Å². The van der Waals surface area contributed by atoms with Gasteiger partial charge in [-0.05, 0) is 44.4 Å². The van der Waals surface area contributed by atoms with Crippen LogP contribution in [0.3, 0.4) is 0 Å². The van der Waals surface area contributed by atoms with Crippen molar-refractivity contribution in [2.75, 3.05) is 6.61 Å². The number of rotatable bonds is 8. The Morgan fingerprint density at radius 3 is 2.76 bits per heavy atom. The molecule has 0 unspecified atom stereocenters. The molecule has 5 heteroatoms. The number of unbranched alkanes of at least 4 members (excludes halogenated alkanes) is 3. The van der Waals surface area contributed by atoms with E-state index in [1.54, 1.807) is 6.07 Å². The van der Waals surface area contributed by atoms with Crippen molar-refractivity contribution in [1.82, 2.24) is 9.55 Å². The first kappa shape index (κ1) is 17.3. The third-order valence-electron chi connectivity index (χ3n) is 4.26. The van der Waals surface area contributed by atoms with Gasteiger partial charge in [-0.3, -0.25) is 0 Å². The lowest BCUT2D eigenvalue weighted by Gasteiger charge is -2.08. The van der Waals surface area contributed by atoms with Gasteiger partial charge in [0.25, 0.3) is 0 Å². The predicted octanol–water partition coefficient (Wildman–Crippen LogP) is 4.25. The molecule has 5 nitrogen and oxygen atoms in total. The summed E-state index contributed by atoms with van der Waals surface area (Å²) in [6.45, 7) is 5.61. The molecule has 0 atom stereocenters. The number of hydrogen-bond acceptors (Lipinski definition) is 4.